The molecule has 4 heteroatoms. The van der Waals surface area contributed by atoms with Crippen molar-refractivity contribution in [3.05, 3.63) is 126 Å². The Bertz CT molecular complexity index is 1150. The lowest BCUT2D eigenvalue weighted by Crippen LogP contribution is -2.36. The maximum absolute atomic E-state index is 4.70. The Kier molecular flexibility index (Phi) is 5.55. The van der Waals surface area contributed by atoms with Gasteiger partial charge in [-0.3, -0.25) is 0 Å². The van der Waals surface area contributed by atoms with E-state index in [1.54, 1.807) is 0 Å². The maximum Gasteiger partial charge on any atom is 0.123 e. The molecular weight excluding hydrogens is 398 g/mol. The molecule has 0 radical (unpaired) electrons. The molecule has 1 heterocycles. The molecule has 5 aromatic rings. The maximum atomic E-state index is 4.70. The van der Waals surface area contributed by atoms with E-state index in [0.29, 0.717) is 0 Å². The van der Waals surface area contributed by atoms with Crippen molar-refractivity contribution in [2.45, 2.75) is 22.6 Å². The van der Waals surface area contributed by atoms with Crippen LogP contribution in [0.4, 0.5) is 0 Å². The van der Waals surface area contributed by atoms with Crippen molar-refractivity contribution < 1.29 is 0 Å². The Hall–Kier alpha value is -3.37. The highest BCUT2D eigenvalue weighted by Gasteiger charge is 2.37. The number of nitrogens with zero attached hydrogens (tertiary/aromatic N) is 3. The molecule has 0 fully saturated rings. The zero-order valence-electron chi connectivity index (χ0n) is 17.1. The number of para-hydroxylation sites is 1. The van der Waals surface area contributed by atoms with E-state index in [1.165, 1.54) is 16.0 Å². The molecule has 0 atom stereocenters. The Balaban J connectivity index is 1.70. The number of benzene rings is 4. The van der Waals surface area contributed by atoms with Crippen LogP contribution < -0.4 is 0 Å². The van der Waals surface area contributed by atoms with Crippen LogP contribution in [0, 0.1) is 0 Å². The molecule has 1 aromatic heterocycles. The molecule has 0 aliphatic rings. The average molecular weight is 422 g/mol. The van der Waals surface area contributed by atoms with Gasteiger partial charge in [-0.05, 0) is 35.4 Å². The number of hydrogen-bond acceptors (Lipinski definition) is 3. The van der Waals surface area contributed by atoms with Gasteiger partial charge in [0.15, 0.2) is 0 Å². The Morgan fingerprint density at radius 1 is 0.613 bits per heavy atom. The van der Waals surface area contributed by atoms with E-state index >= 15 is 0 Å². The lowest BCUT2D eigenvalue weighted by atomic mass is 9.98. The second kappa shape index (κ2) is 8.78. The first-order valence-corrected chi connectivity index (χ1v) is 11.3. The molecule has 31 heavy (non-hydrogen) atoms. The van der Waals surface area contributed by atoms with Gasteiger partial charge in [0, 0.05) is 17.7 Å². The fourth-order valence-corrected chi connectivity index (χ4v) is 5.47. The first-order chi connectivity index (χ1) is 15.3. The van der Waals surface area contributed by atoms with Crippen LogP contribution in [0.5, 0.6) is 0 Å². The van der Waals surface area contributed by atoms with Crippen LogP contribution in [0.25, 0.3) is 11.0 Å². The molecular formula is C27H23N3S. The van der Waals surface area contributed by atoms with Gasteiger partial charge in [0.05, 0.1) is 5.52 Å². The van der Waals surface area contributed by atoms with Gasteiger partial charge in [0.1, 0.15) is 10.4 Å². The average Bonchev–Trinajstić information content (AvgIpc) is 3.26. The van der Waals surface area contributed by atoms with E-state index in [9.17, 15) is 0 Å². The molecule has 0 aliphatic heterocycles. The van der Waals surface area contributed by atoms with Crippen molar-refractivity contribution in [1.82, 2.24) is 15.0 Å². The lowest BCUT2D eigenvalue weighted by Gasteiger charge is -2.34. The van der Waals surface area contributed by atoms with E-state index < -0.39 is 0 Å². The first-order valence-electron chi connectivity index (χ1n) is 10.5. The zero-order valence-corrected chi connectivity index (χ0v) is 18.0. The summed E-state index contributed by atoms with van der Waals surface area (Å²) in [5.74, 6) is 0. The molecule has 0 aliphatic carbocycles. The minimum absolute atomic E-state index is 0.375. The predicted octanol–water partition coefficient (Wildman–Crippen LogP) is 6.36. The van der Waals surface area contributed by atoms with Gasteiger partial charge in [0.25, 0.3) is 0 Å². The molecule has 3 nitrogen and oxygen atoms in total. The van der Waals surface area contributed by atoms with E-state index in [2.05, 4.69) is 113 Å². The smallest absolute Gasteiger partial charge is 0.123 e. The number of hydrogen-bond donors (Lipinski definition) is 0. The van der Waals surface area contributed by atoms with Crippen LogP contribution in [0.15, 0.2) is 120 Å². The molecule has 4 aromatic carbocycles. The molecule has 0 unspecified atom stereocenters. The van der Waals surface area contributed by atoms with Crippen LogP contribution in [0.2, 0.25) is 0 Å². The van der Waals surface area contributed by atoms with Crippen molar-refractivity contribution in [2.75, 3.05) is 0 Å². The minimum atomic E-state index is -0.375. The standard InChI is InChI=1S/C27H23N3S/c1-4-12-22(13-5-1)20-27(21-23-14-6-2-7-15-23,31-24-16-8-3-9-17-24)30-26-19-11-10-18-25(26)28-29-30/h1-19H,20-21H2. The summed E-state index contributed by atoms with van der Waals surface area (Å²) in [5.41, 5.74) is 4.53. The highest BCUT2D eigenvalue weighted by molar-refractivity contribution is 8.00. The first kappa shape index (κ1) is 19.6. The van der Waals surface area contributed by atoms with Gasteiger partial charge in [-0.1, -0.05) is 108 Å². The number of thioether (sulfide) groups is 1. The van der Waals surface area contributed by atoms with Gasteiger partial charge in [-0.25, -0.2) is 4.68 Å². The molecule has 152 valence electrons. The fourth-order valence-electron chi connectivity index (χ4n) is 4.04. The van der Waals surface area contributed by atoms with E-state index in [4.69, 9.17) is 5.21 Å². The van der Waals surface area contributed by atoms with E-state index in [1.807, 2.05) is 23.9 Å². The Labute approximate surface area is 186 Å². The molecule has 0 bridgehead atoms. The van der Waals surface area contributed by atoms with Gasteiger partial charge in [-0.15, -0.1) is 5.10 Å². The van der Waals surface area contributed by atoms with Gasteiger partial charge in [0.2, 0.25) is 0 Å². The van der Waals surface area contributed by atoms with Gasteiger partial charge >= 0.3 is 0 Å². The fraction of sp³-hybridized carbons (Fsp3) is 0.111. The van der Waals surface area contributed by atoms with Crippen LogP contribution >= 0.6 is 11.8 Å². The minimum Gasteiger partial charge on any atom is -0.227 e. The summed E-state index contributed by atoms with van der Waals surface area (Å²) in [6.45, 7) is 0. The number of fused-ring (bicyclic) bond motifs is 1. The largest absolute Gasteiger partial charge is 0.227 e. The molecule has 0 N–H and O–H groups in total. The number of aromatic nitrogens is 3. The third kappa shape index (κ3) is 4.25. The number of rotatable bonds is 7. The summed E-state index contributed by atoms with van der Waals surface area (Å²) in [6, 6.07) is 40.2. The summed E-state index contributed by atoms with van der Waals surface area (Å²) in [7, 11) is 0. The third-order valence-corrected chi connectivity index (χ3v) is 6.78. The second-order valence-corrected chi connectivity index (χ2v) is 9.11. The zero-order chi connectivity index (χ0) is 20.9. The monoisotopic (exact) mass is 421 g/mol. The van der Waals surface area contributed by atoms with Gasteiger partial charge < -0.3 is 0 Å². The van der Waals surface area contributed by atoms with Crippen molar-refractivity contribution in [3.63, 3.8) is 0 Å². The molecule has 0 amide bonds. The summed E-state index contributed by atoms with van der Waals surface area (Å²) >= 11 is 1.86. The molecule has 5 rings (SSSR count). The van der Waals surface area contributed by atoms with Crippen LogP contribution in [0.3, 0.4) is 0 Å². The molecule has 0 saturated carbocycles. The highest BCUT2D eigenvalue weighted by atomic mass is 32.2. The third-order valence-electron chi connectivity index (χ3n) is 5.44. The van der Waals surface area contributed by atoms with Crippen molar-refractivity contribution >= 4 is 22.8 Å². The lowest BCUT2D eigenvalue weighted by molar-refractivity contribution is 0.397. The summed E-state index contributed by atoms with van der Waals surface area (Å²) in [5, 5.41) is 9.21. The SMILES string of the molecule is c1ccc(CC(Cc2ccccc2)(Sc2ccccc2)n2nnc3ccccc32)cc1. The van der Waals surface area contributed by atoms with Crippen LogP contribution in [-0.4, -0.2) is 15.0 Å². The Morgan fingerprint density at radius 3 is 1.74 bits per heavy atom. The van der Waals surface area contributed by atoms with Crippen LogP contribution in [0.1, 0.15) is 11.1 Å². The second-order valence-electron chi connectivity index (χ2n) is 7.68. The normalized spacial score (nSPS) is 11.6. The topological polar surface area (TPSA) is 30.7 Å². The molecule has 0 saturated heterocycles. The Morgan fingerprint density at radius 2 is 1.13 bits per heavy atom. The van der Waals surface area contributed by atoms with E-state index in [0.717, 1.165) is 23.9 Å². The van der Waals surface area contributed by atoms with Crippen molar-refractivity contribution in [2.24, 2.45) is 0 Å². The quantitative estimate of drug-likeness (QED) is 0.286. The van der Waals surface area contributed by atoms with Crippen molar-refractivity contribution in [3.8, 4) is 0 Å². The highest BCUT2D eigenvalue weighted by Crippen LogP contribution is 2.43. The van der Waals surface area contributed by atoms with E-state index in [-0.39, 0.29) is 4.87 Å². The molecule has 0 spiro atoms. The summed E-state index contributed by atoms with van der Waals surface area (Å²) in [4.78, 5) is 0.842. The summed E-state index contributed by atoms with van der Waals surface area (Å²) < 4.78 is 2.14. The van der Waals surface area contributed by atoms with Crippen LogP contribution in [-0.2, 0) is 17.7 Å². The predicted molar refractivity (Wildman–Crippen MR) is 128 cm³/mol. The van der Waals surface area contributed by atoms with Crippen molar-refractivity contribution in [1.29, 1.82) is 0 Å². The van der Waals surface area contributed by atoms with Gasteiger partial charge in [-0.2, -0.15) is 0 Å². The summed E-state index contributed by atoms with van der Waals surface area (Å²) in [6.07, 6.45) is 1.66.